The summed E-state index contributed by atoms with van der Waals surface area (Å²) in [5.41, 5.74) is 1.46. The van der Waals surface area contributed by atoms with E-state index in [0.717, 1.165) is 21.5 Å². The molecular formula is C16H12BrNO3. The molecule has 4 nitrogen and oxygen atoms in total. The highest BCUT2D eigenvalue weighted by Crippen LogP contribution is 2.36. The van der Waals surface area contributed by atoms with Gasteiger partial charge in [0.05, 0.1) is 5.56 Å². The molecular weight excluding hydrogens is 334 g/mol. The normalized spacial score (nSPS) is 12.6. The highest BCUT2D eigenvalue weighted by atomic mass is 79.9. The van der Waals surface area contributed by atoms with E-state index in [9.17, 15) is 0 Å². The van der Waals surface area contributed by atoms with Crippen LogP contribution >= 0.6 is 15.9 Å². The van der Waals surface area contributed by atoms with Crippen molar-refractivity contribution in [2.24, 2.45) is 0 Å². The maximum Gasteiger partial charge on any atom is 0.162 e. The molecule has 1 heterocycles. The Morgan fingerprint density at radius 1 is 1.14 bits per heavy atom. The number of halogens is 1. The average Bonchev–Trinajstić information content (AvgIpc) is 2.53. The van der Waals surface area contributed by atoms with Crippen LogP contribution in [0.1, 0.15) is 11.1 Å². The van der Waals surface area contributed by atoms with E-state index in [4.69, 9.17) is 19.5 Å². The van der Waals surface area contributed by atoms with Gasteiger partial charge in [-0.15, -0.1) is 0 Å². The van der Waals surface area contributed by atoms with Gasteiger partial charge in [0.2, 0.25) is 0 Å². The Bertz CT molecular complexity index is 709. The van der Waals surface area contributed by atoms with Crippen molar-refractivity contribution < 1.29 is 14.2 Å². The molecule has 0 atom stereocenters. The summed E-state index contributed by atoms with van der Waals surface area (Å²) < 4.78 is 17.7. The van der Waals surface area contributed by atoms with E-state index in [1.165, 1.54) is 0 Å². The molecule has 0 fully saturated rings. The predicted molar refractivity (Wildman–Crippen MR) is 80.6 cm³/mol. The lowest BCUT2D eigenvalue weighted by atomic mass is 10.2. The Hall–Kier alpha value is -2.19. The van der Waals surface area contributed by atoms with Crippen molar-refractivity contribution >= 4 is 15.9 Å². The molecule has 0 unspecified atom stereocenters. The van der Waals surface area contributed by atoms with Crippen molar-refractivity contribution in [1.82, 2.24) is 0 Å². The number of fused-ring (bicyclic) bond motifs is 1. The molecule has 3 rings (SSSR count). The van der Waals surface area contributed by atoms with Crippen LogP contribution in [0, 0.1) is 11.3 Å². The van der Waals surface area contributed by atoms with Crippen molar-refractivity contribution in [1.29, 1.82) is 5.26 Å². The third-order valence-corrected chi connectivity index (χ3v) is 3.84. The smallest absolute Gasteiger partial charge is 0.162 e. The fourth-order valence-corrected chi connectivity index (χ4v) is 2.49. The Labute approximate surface area is 131 Å². The van der Waals surface area contributed by atoms with Crippen LogP contribution in [-0.4, -0.2) is 13.2 Å². The van der Waals surface area contributed by atoms with Crippen molar-refractivity contribution in [2.75, 3.05) is 13.2 Å². The number of para-hydroxylation sites is 1. The number of hydrogen-bond acceptors (Lipinski definition) is 4. The number of nitriles is 1. The second-order valence-corrected chi connectivity index (χ2v) is 5.34. The monoisotopic (exact) mass is 345 g/mol. The molecule has 0 saturated heterocycles. The first-order valence-electron chi connectivity index (χ1n) is 6.48. The van der Waals surface area contributed by atoms with E-state index in [1.54, 1.807) is 12.1 Å². The molecule has 106 valence electrons. The molecule has 1 aliphatic rings. The molecule has 0 saturated carbocycles. The van der Waals surface area contributed by atoms with Crippen LogP contribution in [0.3, 0.4) is 0 Å². The zero-order chi connectivity index (χ0) is 14.7. The lowest BCUT2D eigenvalue weighted by Crippen LogP contribution is -2.15. The summed E-state index contributed by atoms with van der Waals surface area (Å²) in [5, 5.41) is 9.05. The van der Waals surface area contributed by atoms with Crippen LogP contribution in [0.25, 0.3) is 0 Å². The standard InChI is InChI=1S/C16H12BrNO3/c17-13-8-16-15(19-5-6-20-16)7-12(13)10-21-14-4-2-1-3-11(14)9-18/h1-4,7-8H,5-6,10H2. The molecule has 2 aromatic carbocycles. The zero-order valence-electron chi connectivity index (χ0n) is 11.1. The minimum absolute atomic E-state index is 0.343. The molecule has 21 heavy (non-hydrogen) atoms. The van der Waals surface area contributed by atoms with Crippen LogP contribution in [0.2, 0.25) is 0 Å². The van der Waals surface area contributed by atoms with Crippen LogP contribution in [-0.2, 0) is 6.61 Å². The van der Waals surface area contributed by atoms with Gasteiger partial charge in [0.1, 0.15) is 31.6 Å². The minimum Gasteiger partial charge on any atom is -0.487 e. The Balaban J connectivity index is 1.81. The molecule has 2 aromatic rings. The maximum atomic E-state index is 9.05. The highest BCUT2D eigenvalue weighted by Gasteiger charge is 2.15. The van der Waals surface area contributed by atoms with Crippen LogP contribution in [0.5, 0.6) is 17.2 Å². The van der Waals surface area contributed by atoms with Gasteiger partial charge >= 0.3 is 0 Å². The van der Waals surface area contributed by atoms with Crippen molar-refractivity contribution in [2.45, 2.75) is 6.61 Å². The Morgan fingerprint density at radius 2 is 1.86 bits per heavy atom. The van der Waals surface area contributed by atoms with E-state index in [0.29, 0.717) is 31.1 Å². The molecule has 0 aromatic heterocycles. The van der Waals surface area contributed by atoms with Gasteiger partial charge < -0.3 is 14.2 Å². The minimum atomic E-state index is 0.343. The predicted octanol–water partition coefficient (Wildman–Crippen LogP) is 3.67. The van der Waals surface area contributed by atoms with Gasteiger partial charge in [-0.3, -0.25) is 0 Å². The molecule has 0 aliphatic carbocycles. The Kier molecular flexibility index (Phi) is 3.98. The summed E-state index contributed by atoms with van der Waals surface area (Å²) in [6.45, 7) is 1.45. The van der Waals surface area contributed by atoms with Crippen molar-refractivity contribution in [3.63, 3.8) is 0 Å². The first kappa shape index (κ1) is 13.8. The molecule has 0 bridgehead atoms. The molecule has 0 N–H and O–H groups in total. The number of benzene rings is 2. The van der Waals surface area contributed by atoms with Crippen molar-refractivity contribution in [3.05, 3.63) is 52.0 Å². The Morgan fingerprint density at radius 3 is 2.62 bits per heavy atom. The second kappa shape index (κ2) is 6.06. The van der Waals surface area contributed by atoms with Crippen LogP contribution in [0.15, 0.2) is 40.9 Å². The van der Waals surface area contributed by atoms with E-state index in [1.807, 2.05) is 24.3 Å². The van der Waals surface area contributed by atoms with Gasteiger partial charge in [0.15, 0.2) is 11.5 Å². The molecule has 5 heteroatoms. The first-order chi connectivity index (χ1) is 10.3. The number of hydrogen-bond donors (Lipinski definition) is 0. The van der Waals surface area contributed by atoms with Gasteiger partial charge in [-0.1, -0.05) is 28.1 Å². The summed E-state index contributed by atoms with van der Waals surface area (Å²) in [5.74, 6) is 2.02. The van der Waals surface area contributed by atoms with Gasteiger partial charge in [-0.2, -0.15) is 5.26 Å². The quantitative estimate of drug-likeness (QED) is 0.851. The zero-order valence-corrected chi connectivity index (χ0v) is 12.7. The first-order valence-corrected chi connectivity index (χ1v) is 7.27. The van der Waals surface area contributed by atoms with Gasteiger partial charge in [-0.25, -0.2) is 0 Å². The van der Waals surface area contributed by atoms with E-state index in [-0.39, 0.29) is 0 Å². The fourth-order valence-electron chi connectivity index (χ4n) is 2.06. The topological polar surface area (TPSA) is 51.5 Å². The van der Waals surface area contributed by atoms with E-state index in [2.05, 4.69) is 22.0 Å². The summed E-state index contributed by atoms with van der Waals surface area (Å²) in [7, 11) is 0. The van der Waals surface area contributed by atoms with Crippen LogP contribution in [0.4, 0.5) is 0 Å². The summed E-state index contributed by atoms with van der Waals surface area (Å²) in [6.07, 6.45) is 0. The van der Waals surface area contributed by atoms with Gasteiger partial charge in [-0.05, 0) is 24.3 Å². The van der Waals surface area contributed by atoms with Gasteiger partial charge in [0, 0.05) is 10.0 Å². The highest BCUT2D eigenvalue weighted by molar-refractivity contribution is 9.10. The molecule has 0 amide bonds. The third kappa shape index (κ3) is 2.96. The van der Waals surface area contributed by atoms with E-state index < -0.39 is 0 Å². The molecule has 0 spiro atoms. The third-order valence-electron chi connectivity index (χ3n) is 3.10. The average molecular weight is 346 g/mol. The number of ether oxygens (including phenoxy) is 3. The molecule has 0 radical (unpaired) electrons. The fraction of sp³-hybridized carbons (Fsp3) is 0.188. The summed E-state index contributed by atoms with van der Waals surface area (Å²) in [4.78, 5) is 0. The van der Waals surface area contributed by atoms with E-state index >= 15 is 0 Å². The lowest BCUT2D eigenvalue weighted by Gasteiger charge is -2.20. The summed E-state index contributed by atoms with van der Waals surface area (Å²) >= 11 is 3.50. The van der Waals surface area contributed by atoms with Crippen LogP contribution < -0.4 is 14.2 Å². The largest absolute Gasteiger partial charge is 0.487 e. The second-order valence-electron chi connectivity index (χ2n) is 4.48. The summed E-state index contributed by atoms with van der Waals surface area (Å²) in [6, 6.07) is 13.1. The SMILES string of the molecule is N#Cc1ccccc1OCc1cc2c(cc1Br)OCCO2. The van der Waals surface area contributed by atoms with Gasteiger partial charge in [0.25, 0.3) is 0 Å². The maximum absolute atomic E-state index is 9.05. The lowest BCUT2D eigenvalue weighted by molar-refractivity contribution is 0.171. The van der Waals surface area contributed by atoms with Crippen molar-refractivity contribution in [3.8, 4) is 23.3 Å². The number of nitrogens with zero attached hydrogens (tertiary/aromatic N) is 1. The number of rotatable bonds is 3. The molecule has 1 aliphatic heterocycles.